The van der Waals surface area contributed by atoms with E-state index in [4.69, 9.17) is 9.47 Å². The Morgan fingerprint density at radius 2 is 1.80 bits per heavy atom. The minimum atomic E-state index is -0.996. The number of carbonyl (C=O) groups excluding carboxylic acids is 4. The molecule has 0 saturated heterocycles. The molecule has 0 aliphatic carbocycles. The van der Waals surface area contributed by atoms with Crippen LogP contribution in [-0.2, 0) is 30.3 Å². The zero-order valence-electron chi connectivity index (χ0n) is 20.7. The molecule has 4 N–H and O–H groups in total. The molecule has 2 aromatic rings. The summed E-state index contributed by atoms with van der Waals surface area (Å²) in [6.45, 7) is 4.80. The van der Waals surface area contributed by atoms with E-state index in [0.29, 0.717) is 12.2 Å². The van der Waals surface area contributed by atoms with Crippen LogP contribution in [-0.4, -0.2) is 72.2 Å². The molecule has 2 rings (SSSR count). The molecule has 1 aromatic heterocycles. The Hall–Kier alpha value is -3.21. The second-order valence-electron chi connectivity index (χ2n) is 8.90. The lowest BCUT2D eigenvalue weighted by molar-refractivity contribution is -0.145. The van der Waals surface area contributed by atoms with Crippen molar-refractivity contribution >= 4 is 46.5 Å². The van der Waals surface area contributed by atoms with Gasteiger partial charge in [-0.1, -0.05) is 18.2 Å². The molecule has 11 heteroatoms. The van der Waals surface area contributed by atoms with Gasteiger partial charge in [0, 0.05) is 23.5 Å². The van der Waals surface area contributed by atoms with Crippen LogP contribution >= 0.6 is 11.8 Å². The van der Waals surface area contributed by atoms with Crippen LogP contribution < -0.4 is 16.0 Å². The molecule has 192 valence electrons. The first-order valence-corrected chi connectivity index (χ1v) is 12.6. The summed E-state index contributed by atoms with van der Waals surface area (Å²) in [6, 6.07) is 5.80. The standard InChI is InChI=1S/C24H34N4O6S/c1-24(2,3)34-23(32)28-19(12-15-13-25-17-9-7-6-8-16(15)17)21(30)26-14-20(29)27-18(10-11-35-5)22(31)33-4/h6-9,13,18-19,25H,10-12,14H2,1-5H3,(H,26,30)(H,27,29)(H,28,32)/t18-,19-/m0/s1. The third-order valence-electron chi connectivity index (χ3n) is 4.96. The van der Waals surface area contributed by atoms with Crippen molar-refractivity contribution in [2.45, 2.75) is 51.3 Å². The summed E-state index contributed by atoms with van der Waals surface area (Å²) in [7, 11) is 1.25. The maximum Gasteiger partial charge on any atom is 0.408 e. The highest BCUT2D eigenvalue weighted by Crippen LogP contribution is 2.19. The van der Waals surface area contributed by atoms with Crippen LogP contribution in [0.2, 0.25) is 0 Å². The fraction of sp³-hybridized carbons (Fsp3) is 0.500. The van der Waals surface area contributed by atoms with Crippen molar-refractivity contribution in [3.05, 3.63) is 36.0 Å². The average molecular weight is 507 g/mol. The molecule has 10 nitrogen and oxygen atoms in total. The third-order valence-corrected chi connectivity index (χ3v) is 5.61. The third kappa shape index (κ3) is 9.16. The van der Waals surface area contributed by atoms with Crippen LogP contribution in [0.3, 0.4) is 0 Å². The lowest BCUT2D eigenvalue weighted by Crippen LogP contribution is -2.52. The van der Waals surface area contributed by atoms with Crippen molar-refractivity contribution in [3.63, 3.8) is 0 Å². The van der Waals surface area contributed by atoms with E-state index in [1.165, 1.54) is 18.9 Å². The monoisotopic (exact) mass is 506 g/mol. The summed E-state index contributed by atoms with van der Waals surface area (Å²) in [5.41, 5.74) is 0.979. The number of aromatic amines is 1. The summed E-state index contributed by atoms with van der Waals surface area (Å²) in [6.07, 6.45) is 3.50. The van der Waals surface area contributed by atoms with Gasteiger partial charge in [0.1, 0.15) is 17.7 Å². The Kier molecular flexibility index (Phi) is 10.4. The molecule has 0 bridgehead atoms. The van der Waals surface area contributed by atoms with E-state index < -0.39 is 41.6 Å². The van der Waals surface area contributed by atoms with Crippen LogP contribution in [0.1, 0.15) is 32.8 Å². The maximum atomic E-state index is 13.0. The van der Waals surface area contributed by atoms with Gasteiger partial charge in [-0.15, -0.1) is 0 Å². The molecule has 0 saturated carbocycles. The fourth-order valence-electron chi connectivity index (χ4n) is 3.34. The molecule has 1 heterocycles. The number of rotatable bonds is 11. The Bertz CT molecular complexity index is 1030. The summed E-state index contributed by atoms with van der Waals surface area (Å²) < 4.78 is 10.0. The predicted molar refractivity (Wildman–Crippen MR) is 135 cm³/mol. The molecule has 0 aliphatic rings. The first-order chi connectivity index (χ1) is 16.5. The zero-order valence-corrected chi connectivity index (χ0v) is 21.5. The molecule has 0 aliphatic heterocycles. The molecule has 1 aromatic carbocycles. The summed E-state index contributed by atoms with van der Waals surface area (Å²) in [5.74, 6) is -1.01. The van der Waals surface area contributed by atoms with Gasteiger partial charge in [-0.05, 0) is 50.8 Å². The number of nitrogens with one attached hydrogen (secondary N) is 4. The molecule has 0 unspecified atom stereocenters. The molecule has 35 heavy (non-hydrogen) atoms. The number of thioether (sulfide) groups is 1. The Morgan fingerprint density at radius 1 is 1.09 bits per heavy atom. The van der Waals surface area contributed by atoms with E-state index in [1.54, 1.807) is 27.0 Å². The van der Waals surface area contributed by atoms with Crippen molar-refractivity contribution in [3.8, 4) is 0 Å². The number of esters is 1. The summed E-state index contributed by atoms with van der Waals surface area (Å²) in [4.78, 5) is 52.9. The van der Waals surface area contributed by atoms with Gasteiger partial charge in [-0.2, -0.15) is 11.8 Å². The van der Waals surface area contributed by atoms with Crippen LogP contribution in [0.15, 0.2) is 30.5 Å². The molecule has 0 fully saturated rings. The van der Waals surface area contributed by atoms with Crippen LogP contribution in [0, 0.1) is 0 Å². The average Bonchev–Trinajstić information content (AvgIpc) is 3.20. The molecule has 0 radical (unpaired) electrons. The number of H-pyrrole nitrogens is 1. The minimum Gasteiger partial charge on any atom is -0.467 e. The number of methoxy groups -OCH3 is 1. The number of benzene rings is 1. The second kappa shape index (κ2) is 13.0. The SMILES string of the molecule is COC(=O)[C@H](CCSC)NC(=O)CNC(=O)[C@H](Cc1c[nH]c2ccccc12)NC(=O)OC(C)(C)C. The van der Waals surface area contributed by atoms with Crippen molar-refractivity contribution in [2.75, 3.05) is 25.7 Å². The minimum absolute atomic E-state index is 0.176. The van der Waals surface area contributed by atoms with Crippen molar-refractivity contribution in [1.29, 1.82) is 0 Å². The highest BCUT2D eigenvalue weighted by molar-refractivity contribution is 7.98. The number of para-hydroxylation sites is 1. The van der Waals surface area contributed by atoms with Crippen molar-refractivity contribution in [2.24, 2.45) is 0 Å². The second-order valence-corrected chi connectivity index (χ2v) is 9.89. The molecule has 3 amide bonds. The van der Waals surface area contributed by atoms with Crippen LogP contribution in [0.5, 0.6) is 0 Å². The highest BCUT2D eigenvalue weighted by Gasteiger charge is 2.27. The lowest BCUT2D eigenvalue weighted by Gasteiger charge is -2.23. The number of amides is 3. The number of aromatic nitrogens is 1. The largest absolute Gasteiger partial charge is 0.467 e. The zero-order chi connectivity index (χ0) is 26.0. The first-order valence-electron chi connectivity index (χ1n) is 11.2. The van der Waals surface area contributed by atoms with Crippen LogP contribution in [0.25, 0.3) is 10.9 Å². The Labute approximate surface area is 209 Å². The van der Waals surface area contributed by atoms with Crippen molar-refractivity contribution < 1.29 is 28.7 Å². The van der Waals surface area contributed by atoms with E-state index in [1.807, 2.05) is 30.5 Å². The first kappa shape index (κ1) is 28.0. The Balaban J connectivity index is 2.08. The maximum absolute atomic E-state index is 13.0. The summed E-state index contributed by atoms with van der Waals surface area (Å²) in [5, 5.41) is 8.64. The van der Waals surface area contributed by atoms with Gasteiger partial charge in [-0.25, -0.2) is 9.59 Å². The predicted octanol–water partition coefficient (Wildman–Crippen LogP) is 2.13. The quantitative estimate of drug-likeness (QED) is 0.343. The molecular weight excluding hydrogens is 472 g/mol. The van der Waals surface area contributed by atoms with Gasteiger partial charge in [0.25, 0.3) is 0 Å². The van der Waals surface area contributed by atoms with E-state index in [2.05, 4.69) is 20.9 Å². The normalized spacial score (nSPS) is 12.9. The van der Waals surface area contributed by atoms with E-state index in [0.717, 1.165) is 16.5 Å². The molecular formula is C24H34N4O6S. The van der Waals surface area contributed by atoms with Crippen molar-refractivity contribution in [1.82, 2.24) is 20.9 Å². The number of fused-ring (bicyclic) bond motifs is 1. The van der Waals surface area contributed by atoms with E-state index >= 15 is 0 Å². The number of hydrogen-bond acceptors (Lipinski definition) is 7. The summed E-state index contributed by atoms with van der Waals surface area (Å²) >= 11 is 1.54. The lowest BCUT2D eigenvalue weighted by atomic mass is 10.0. The van der Waals surface area contributed by atoms with Crippen LogP contribution in [0.4, 0.5) is 4.79 Å². The molecule has 2 atom stereocenters. The van der Waals surface area contributed by atoms with E-state index in [9.17, 15) is 19.2 Å². The highest BCUT2D eigenvalue weighted by atomic mass is 32.2. The van der Waals surface area contributed by atoms with E-state index in [-0.39, 0.29) is 13.0 Å². The smallest absolute Gasteiger partial charge is 0.408 e. The van der Waals surface area contributed by atoms with Gasteiger partial charge >= 0.3 is 12.1 Å². The fourth-order valence-corrected chi connectivity index (χ4v) is 3.81. The van der Waals surface area contributed by atoms with Gasteiger partial charge in [0.2, 0.25) is 11.8 Å². The van der Waals surface area contributed by atoms with Gasteiger partial charge in [0.15, 0.2) is 0 Å². The number of ether oxygens (including phenoxy) is 2. The number of alkyl carbamates (subject to hydrolysis) is 1. The molecule has 0 spiro atoms. The Morgan fingerprint density at radius 3 is 2.46 bits per heavy atom. The van der Waals surface area contributed by atoms with Gasteiger partial charge in [0.05, 0.1) is 13.7 Å². The number of carbonyl (C=O) groups is 4. The van der Waals surface area contributed by atoms with Gasteiger partial charge in [-0.3, -0.25) is 9.59 Å². The van der Waals surface area contributed by atoms with Gasteiger partial charge < -0.3 is 30.4 Å². The number of hydrogen-bond donors (Lipinski definition) is 4. The topological polar surface area (TPSA) is 139 Å².